The largest absolute Gasteiger partial charge is 0.384 e. The first-order chi connectivity index (χ1) is 9.83. The lowest BCUT2D eigenvalue weighted by molar-refractivity contribution is 0.0533. The van der Waals surface area contributed by atoms with Crippen LogP contribution in [0.2, 0.25) is 0 Å². The Labute approximate surface area is 122 Å². The molecule has 1 aromatic rings. The molecule has 3 nitrogen and oxygen atoms in total. The van der Waals surface area contributed by atoms with E-state index in [9.17, 15) is 0 Å². The van der Waals surface area contributed by atoms with Crippen LogP contribution < -0.4 is 10.6 Å². The molecule has 1 unspecified atom stereocenters. The van der Waals surface area contributed by atoms with Gasteiger partial charge in [0.15, 0.2) is 0 Å². The lowest BCUT2D eigenvalue weighted by Crippen LogP contribution is -2.46. The smallest absolute Gasteiger partial charge is 0.0531 e. The minimum atomic E-state index is 0.337. The molecule has 2 fully saturated rings. The number of hydrogen-bond acceptors (Lipinski definition) is 3. The van der Waals surface area contributed by atoms with Crippen molar-refractivity contribution in [3.05, 3.63) is 35.9 Å². The Bertz CT molecular complexity index is 409. The van der Waals surface area contributed by atoms with Crippen LogP contribution in [-0.4, -0.2) is 39.4 Å². The number of rotatable bonds is 6. The molecule has 0 spiro atoms. The topological polar surface area (TPSA) is 33.3 Å². The summed E-state index contributed by atoms with van der Waals surface area (Å²) < 4.78 is 5.48. The standard InChI is InChI=1S/C17H26N2O/c1-20-13-17(7-9-18-10-8-17)12-19-16-11-15(16)14-5-3-2-4-6-14/h2-6,15-16,18-19H,7-13H2,1H3/t15?,16-/m1/s1. The van der Waals surface area contributed by atoms with Crippen LogP contribution in [0, 0.1) is 5.41 Å². The average Bonchev–Trinajstić information content (AvgIpc) is 3.27. The van der Waals surface area contributed by atoms with Crippen molar-refractivity contribution < 1.29 is 4.74 Å². The van der Waals surface area contributed by atoms with E-state index in [0.29, 0.717) is 11.5 Å². The number of ether oxygens (including phenoxy) is 1. The van der Waals surface area contributed by atoms with Crippen molar-refractivity contribution in [3.8, 4) is 0 Å². The molecule has 1 aromatic carbocycles. The monoisotopic (exact) mass is 274 g/mol. The van der Waals surface area contributed by atoms with Crippen molar-refractivity contribution in [2.75, 3.05) is 33.4 Å². The fraction of sp³-hybridized carbons (Fsp3) is 0.647. The minimum Gasteiger partial charge on any atom is -0.384 e. The van der Waals surface area contributed by atoms with Gasteiger partial charge in [-0.15, -0.1) is 0 Å². The van der Waals surface area contributed by atoms with Crippen LogP contribution >= 0.6 is 0 Å². The summed E-state index contributed by atoms with van der Waals surface area (Å²) in [5.74, 6) is 0.720. The molecule has 1 aliphatic heterocycles. The molecule has 1 saturated heterocycles. The van der Waals surface area contributed by atoms with Crippen LogP contribution in [0.1, 0.15) is 30.7 Å². The summed E-state index contributed by atoms with van der Waals surface area (Å²) in [5, 5.41) is 7.25. The summed E-state index contributed by atoms with van der Waals surface area (Å²) in [6.07, 6.45) is 3.72. The van der Waals surface area contributed by atoms with Crippen molar-refractivity contribution >= 4 is 0 Å². The summed E-state index contributed by atoms with van der Waals surface area (Å²) in [6, 6.07) is 11.6. The van der Waals surface area contributed by atoms with Crippen molar-refractivity contribution in [2.45, 2.75) is 31.2 Å². The maximum Gasteiger partial charge on any atom is 0.0531 e. The van der Waals surface area contributed by atoms with Gasteiger partial charge in [0.1, 0.15) is 0 Å². The molecule has 20 heavy (non-hydrogen) atoms. The van der Waals surface area contributed by atoms with Gasteiger partial charge in [-0.25, -0.2) is 0 Å². The molecule has 2 aliphatic rings. The predicted octanol–water partition coefficient (Wildman–Crippen LogP) is 2.15. The van der Waals surface area contributed by atoms with Gasteiger partial charge in [-0.05, 0) is 37.9 Å². The maximum absolute atomic E-state index is 5.48. The first-order valence-corrected chi connectivity index (χ1v) is 7.81. The summed E-state index contributed by atoms with van der Waals surface area (Å²) in [4.78, 5) is 0. The highest BCUT2D eigenvalue weighted by molar-refractivity contribution is 5.27. The number of piperidine rings is 1. The second-order valence-electron chi connectivity index (χ2n) is 6.42. The van der Waals surface area contributed by atoms with E-state index in [1.165, 1.54) is 24.8 Å². The molecule has 0 bridgehead atoms. The SMILES string of the molecule is COCC1(CN[C@@H]2CC2c2ccccc2)CCNCC1. The van der Waals surface area contributed by atoms with Crippen molar-refractivity contribution in [1.29, 1.82) is 0 Å². The normalized spacial score (nSPS) is 28.2. The lowest BCUT2D eigenvalue weighted by Gasteiger charge is -2.37. The second-order valence-corrected chi connectivity index (χ2v) is 6.42. The first-order valence-electron chi connectivity index (χ1n) is 7.81. The Morgan fingerprint density at radius 3 is 2.70 bits per heavy atom. The van der Waals surface area contributed by atoms with E-state index in [1.54, 1.807) is 0 Å². The average molecular weight is 274 g/mol. The fourth-order valence-corrected chi connectivity index (χ4v) is 3.47. The summed E-state index contributed by atoms with van der Waals surface area (Å²) in [6.45, 7) is 4.22. The van der Waals surface area contributed by atoms with Gasteiger partial charge in [-0.1, -0.05) is 30.3 Å². The zero-order chi connectivity index (χ0) is 13.8. The van der Waals surface area contributed by atoms with Gasteiger partial charge in [-0.2, -0.15) is 0 Å². The van der Waals surface area contributed by atoms with Crippen molar-refractivity contribution in [1.82, 2.24) is 10.6 Å². The van der Waals surface area contributed by atoms with E-state index in [1.807, 2.05) is 7.11 Å². The number of hydrogen-bond donors (Lipinski definition) is 2. The molecule has 1 aliphatic carbocycles. The molecule has 2 atom stereocenters. The van der Waals surface area contributed by atoms with Gasteiger partial charge in [0.05, 0.1) is 6.61 Å². The number of benzene rings is 1. The highest BCUT2D eigenvalue weighted by Crippen LogP contribution is 2.41. The van der Waals surface area contributed by atoms with Crippen LogP contribution in [-0.2, 0) is 4.74 Å². The van der Waals surface area contributed by atoms with Crippen molar-refractivity contribution in [3.63, 3.8) is 0 Å². The van der Waals surface area contributed by atoms with Crippen LogP contribution in [0.3, 0.4) is 0 Å². The first kappa shape index (κ1) is 14.1. The Morgan fingerprint density at radius 1 is 1.25 bits per heavy atom. The molecular formula is C17H26N2O. The molecule has 3 heteroatoms. The molecule has 0 aromatic heterocycles. The van der Waals surface area contributed by atoms with E-state index in [0.717, 1.165) is 32.2 Å². The van der Waals surface area contributed by atoms with E-state index >= 15 is 0 Å². The quantitative estimate of drug-likeness (QED) is 0.834. The zero-order valence-corrected chi connectivity index (χ0v) is 12.4. The number of nitrogens with one attached hydrogen (secondary N) is 2. The number of methoxy groups -OCH3 is 1. The van der Waals surface area contributed by atoms with Crippen LogP contribution in [0.4, 0.5) is 0 Å². The molecule has 110 valence electrons. The van der Waals surface area contributed by atoms with Crippen molar-refractivity contribution in [2.24, 2.45) is 5.41 Å². The Morgan fingerprint density at radius 2 is 2.00 bits per heavy atom. The second kappa shape index (κ2) is 6.25. The van der Waals surface area contributed by atoms with Gasteiger partial charge >= 0.3 is 0 Å². The highest BCUT2D eigenvalue weighted by atomic mass is 16.5. The fourth-order valence-electron chi connectivity index (χ4n) is 3.47. The molecule has 1 heterocycles. The van der Waals surface area contributed by atoms with Crippen LogP contribution in [0.5, 0.6) is 0 Å². The highest BCUT2D eigenvalue weighted by Gasteiger charge is 2.40. The summed E-state index contributed by atoms with van der Waals surface area (Å²) in [5.41, 5.74) is 1.82. The maximum atomic E-state index is 5.48. The van der Waals surface area contributed by atoms with Crippen LogP contribution in [0.25, 0.3) is 0 Å². The van der Waals surface area contributed by atoms with Gasteiger partial charge in [-0.3, -0.25) is 0 Å². The van der Waals surface area contributed by atoms with Gasteiger partial charge in [0.2, 0.25) is 0 Å². The van der Waals surface area contributed by atoms with E-state index in [-0.39, 0.29) is 0 Å². The Balaban J connectivity index is 1.52. The predicted molar refractivity (Wildman–Crippen MR) is 82.0 cm³/mol. The van der Waals surface area contributed by atoms with E-state index in [4.69, 9.17) is 4.74 Å². The third-order valence-corrected chi connectivity index (χ3v) is 4.87. The Hall–Kier alpha value is -0.900. The minimum absolute atomic E-state index is 0.337. The molecule has 0 radical (unpaired) electrons. The molecule has 1 saturated carbocycles. The molecule has 0 amide bonds. The van der Waals surface area contributed by atoms with E-state index in [2.05, 4.69) is 41.0 Å². The van der Waals surface area contributed by atoms with Crippen LogP contribution in [0.15, 0.2) is 30.3 Å². The zero-order valence-electron chi connectivity index (χ0n) is 12.4. The molecular weight excluding hydrogens is 248 g/mol. The van der Waals surface area contributed by atoms with Gasteiger partial charge in [0, 0.05) is 31.0 Å². The third-order valence-electron chi connectivity index (χ3n) is 4.87. The molecule has 3 rings (SSSR count). The Kier molecular flexibility index (Phi) is 4.39. The van der Waals surface area contributed by atoms with E-state index < -0.39 is 0 Å². The third kappa shape index (κ3) is 3.22. The summed E-state index contributed by atoms with van der Waals surface area (Å²) >= 11 is 0. The summed E-state index contributed by atoms with van der Waals surface area (Å²) in [7, 11) is 1.83. The van der Waals surface area contributed by atoms with Gasteiger partial charge in [0.25, 0.3) is 0 Å². The van der Waals surface area contributed by atoms with Gasteiger partial charge < -0.3 is 15.4 Å². The molecule has 2 N–H and O–H groups in total. The lowest BCUT2D eigenvalue weighted by atomic mass is 9.79.